The van der Waals surface area contributed by atoms with E-state index in [0.29, 0.717) is 18.2 Å². The Balaban J connectivity index is 1.72. The minimum atomic E-state index is -1.78. The topological polar surface area (TPSA) is 115 Å². The summed E-state index contributed by atoms with van der Waals surface area (Å²) in [5.41, 5.74) is 6.06. The summed E-state index contributed by atoms with van der Waals surface area (Å²) >= 11 is 0. The Morgan fingerprint density at radius 2 is 2.14 bits per heavy atom. The lowest BCUT2D eigenvalue weighted by atomic mass is 10.4. The molecule has 1 aromatic rings. The molecule has 2 aliphatic rings. The highest BCUT2D eigenvalue weighted by Crippen LogP contribution is 2.37. The number of nitrogen functional groups attached to an aromatic ring is 1. The Morgan fingerprint density at radius 3 is 2.82 bits per heavy atom. The van der Waals surface area contributed by atoms with E-state index < -0.39 is 8.60 Å². The van der Waals surface area contributed by atoms with Crippen LogP contribution in [-0.4, -0.2) is 54.2 Å². The molecule has 0 amide bonds. The summed E-state index contributed by atoms with van der Waals surface area (Å²) in [6, 6.07) is 0. The third kappa shape index (κ3) is 2.75. The fourth-order valence-corrected chi connectivity index (χ4v) is 2.98. The van der Waals surface area contributed by atoms with Gasteiger partial charge in [0.2, 0.25) is 5.95 Å². The van der Waals surface area contributed by atoms with Gasteiger partial charge in [-0.05, 0) is 0 Å². The summed E-state index contributed by atoms with van der Waals surface area (Å²) in [7, 11) is 1.62. The maximum absolute atomic E-state index is 12.2. The van der Waals surface area contributed by atoms with Gasteiger partial charge in [-0.15, -0.1) is 0 Å². The number of fused-ring (bicyclic) bond motifs is 1. The Morgan fingerprint density at radius 1 is 1.45 bits per heavy atom. The van der Waals surface area contributed by atoms with E-state index in [0.717, 1.165) is 0 Å². The fraction of sp³-hybridized carbons (Fsp3) is 0.636. The van der Waals surface area contributed by atoms with Crippen LogP contribution >= 0.6 is 8.60 Å². The predicted octanol–water partition coefficient (Wildman–Crippen LogP) is -0.815. The van der Waals surface area contributed by atoms with E-state index in [1.807, 2.05) is 11.9 Å². The number of rotatable bonds is 3. The molecule has 0 spiro atoms. The summed E-state index contributed by atoms with van der Waals surface area (Å²) in [4.78, 5) is 29.3. The van der Waals surface area contributed by atoms with Gasteiger partial charge in [0.15, 0.2) is 5.82 Å². The number of aromatic nitrogens is 2. The first-order valence-electron chi connectivity index (χ1n) is 6.66. The molecule has 0 aliphatic carbocycles. The lowest BCUT2D eigenvalue weighted by molar-refractivity contribution is -0.0372. The fourth-order valence-electron chi connectivity index (χ4n) is 2.32. The minimum Gasteiger partial charge on any atom is -0.369 e. The van der Waals surface area contributed by atoms with Crippen molar-refractivity contribution in [1.82, 2.24) is 9.55 Å². The van der Waals surface area contributed by atoms with Crippen LogP contribution in [0, 0.1) is 0 Å². The standard InChI is InChI=1S/C11H18N5O5P/c1-14-5-16(6-19-7-3-20-22(18)21-4-7)9-8(14)10(17)15(2)11(12)13-9/h7,18H,3-6H2,1-2H3,(H2,12,13). The number of ether oxygens (including phenoxy) is 1. The minimum absolute atomic E-state index is 0.152. The third-order valence-electron chi connectivity index (χ3n) is 3.56. The van der Waals surface area contributed by atoms with Crippen molar-refractivity contribution in [2.45, 2.75) is 6.10 Å². The molecule has 11 heteroatoms. The maximum atomic E-state index is 12.2. The van der Waals surface area contributed by atoms with E-state index >= 15 is 0 Å². The van der Waals surface area contributed by atoms with E-state index in [9.17, 15) is 4.79 Å². The normalized spacial score (nSPS) is 24.7. The van der Waals surface area contributed by atoms with Crippen LogP contribution in [0.15, 0.2) is 4.79 Å². The quantitative estimate of drug-likeness (QED) is 0.686. The lowest BCUT2D eigenvalue weighted by Gasteiger charge is -2.27. The summed E-state index contributed by atoms with van der Waals surface area (Å²) in [6.07, 6.45) is -0.274. The van der Waals surface area contributed by atoms with E-state index in [1.54, 1.807) is 11.9 Å². The van der Waals surface area contributed by atoms with Crippen molar-refractivity contribution in [2.24, 2.45) is 7.05 Å². The first-order chi connectivity index (χ1) is 10.5. The van der Waals surface area contributed by atoms with Gasteiger partial charge in [-0.3, -0.25) is 9.36 Å². The molecule has 1 fully saturated rings. The molecular weight excluding hydrogens is 313 g/mol. The Hall–Kier alpha value is -1.45. The molecule has 3 heterocycles. The van der Waals surface area contributed by atoms with E-state index in [-0.39, 0.29) is 37.6 Å². The number of anilines is 3. The Labute approximate surface area is 128 Å². The highest BCUT2D eigenvalue weighted by molar-refractivity contribution is 7.40. The first kappa shape index (κ1) is 15.4. The molecule has 1 aromatic heterocycles. The molecule has 0 aromatic carbocycles. The molecule has 0 atom stereocenters. The van der Waals surface area contributed by atoms with Crippen LogP contribution in [0.25, 0.3) is 0 Å². The van der Waals surface area contributed by atoms with Crippen molar-refractivity contribution < 1.29 is 18.7 Å². The van der Waals surface area contributed by atoms with Crippen molar-refractivity contribution in [2.75, 3.05) is 49.2 Å². The molecular formula is C11H18N5O5P. The first-order valence-corrected chi connectivity index (χ1v) is 7.79. The molecule has 3 N–H and O–H groups in total. The van der Waals surface area contributed by atoms with Gasteiger partial charge < -0.3 is 34.2 Å². The summed E-state index contributed by atoms with van der Waals surface area (Å²) in [5, 5.41) is 0. The third-order valence-corrected chi connectivity index (χ3v) is 4.29. The number of nitrogens with two attached hydrogens (primary N) is 1. The lowest BCUT2D eigenvalue weighted by Crippen LogP contribution is -2.36. The zero-order chi connectivity index (χ0) is 15.9. The monoisotopic (exact) mass is 331 g/mol. The molecule has 22 heavy (non-hydrogen) atoms. The average Bonchev–Trinajstić information content (AvgIpc) is 2.80. The van der Waals surface area contributed by atoms with Crippen LogP contribution in [0.1, 0.15) is 0 Å². The van der Waals surface area contributed by atoms with Crippen molar-refractivity contribution in [3.05, 3.63) is 10.4 Å². The molecule has 0 radical (unpaired) electrons. The average molecular weight is 331 g/mol. The molecule has 0 unspecified atom stereocenters. The SMILES string of the molecule is CN1CN(COC2COP(O)OC2)c2nc(N)n(C)c(=O)c21. The second-order valence-corrected chi connectivity index (χ2v) is 6.12. The second-order valence-electron chi connectivity index (χ2n) is 5.13. The molecule has 1 saturated heterocycles. The molecule has 0 bridgehead atoms. The van der Waals surface area contributed by atoms with Gasteiger partial charge in [-0.25, -0.2) is 0 Å². The molecule has 10 nitrogen and oxygen atoms in total. The number of hydrogen-bond acceptors (Lipinski definition) is 9. The van der Waals surface area contributed by atoms with Crippen molar-refractivity contribution in [3.63, 3.8) is 0 Å². The van der Waals surface area contributed by atoms with E-state index in [1.165, 1.54) is 4.57 Å². The van der Waals surface area contributed by atoms with Crippen molar-refractivity contribution in [1.29, 1.82) is 0 Å². The van der Waals surface area contributed by atoms with Gasteiger partial charge in [0, 0.05) is 14.1 Å². The zero-order valence-electron chi connectivity index (χ0n) is 12.3. The Kier molecular flexibility index (Phi) is 4.20. The molecule has 2 aliphatic heterocycles. The van der Waals surface area contributed by atoms with Crippen LogP contribution in [-0.2, 0) is 20.8 Å². The van der Waals surface area contributed by atoms with Gasteiger partial charge in [-0.1, -0.05) is 0 Å². The van der Waals surface area contributed by atoms with Crippen LogP contribution < -0.4 is 21.1 Å². The van der Waals surface area contributed by atoms with Crippen molar-refractivity contribution >= 4 is 26.1 Å². The van der Waals surface area contributed by atoms with Crippen LogP contribution in [0.3, 0.4) is 0 Å². The summed E-state index contributed by atoms with van der Waals surface area (Å²) in [6.45, 7) is 1.23. The summed E-state index contributed by atoms with van der Waals surface area (Å²) < 4.78 is 17.0. The number of hydrogen-bond donors (Lipinski definition) is 2. The maximum Gasteiger partial charge on any atom is 0.330 e. The predicted molar refractivity (Wildman–Crippen MR) is 80.4 cm³/mol. The molecule has 0 saturated carbocycles. The van der Waals surface area contributed by atoms with Gasteiger partial charge in [0.25, 0.3) is 5.56 Å². The smallest absolute Gasteiger partial charge is 0.330 e. The van der Waals surface area contributed by atoms with Gasteiger partial charge in [0.1, 0.15) is 18.5 Å². The van der Waals surface area contributed by atoms with Gasteiger partial charge in [0.05, 0.1) is 19.9 Å². The van der Waals surface area contributed by atoms with Crippen LogP contribution in [0.4, 0.5) is 17.5 Å². The number of nitrogens with zero attached hydrogens (tertiary/aromatic N) is 4. The summed E-state index contributed by atoms with van der Waals surface area (Å²) in [5.74, 6) is 0.657. The van der Waals surface area contributed by atoms with Crippen LogP contribution in [0.5, 0.6) is 0 Å². The largest absolute Gasteiger partial charge is 0.369 e. The zero-order valence-corrected chi connectivity index (χ0v) is 13.2. The molecule has 3 rings (SSSR count). The van der Waals surface area contributed by atoms with Crippen LogP contribution in [0.2, 0.25) is 0 Å². The van der Waals surface area contributed by atoms with Gasteiger partial charge in [-0.2, -0.15) is 4.98 Å². The molecule has 122 valence electrons. The highest BCUT2D eigenvalue weighted by Gasteiger charge is 2.31. The Bertz CT molecular complexity index is 618. The van der Waals surface area contributed by atoms with E-state index in [4.69, 9.17) is 24.4 Å². The van der Waals surface area contributed by atoms with Crippen molar-refractivity contribution in [3.8, 4) is 0 Å². The van der Waals surface area contributed by atoms with E-state index in [2.05, 4.69) is 4.98 Å². The second kappa shape index (κ2) is 5.98. The van der Waals surface area contributed by atoms with Gasteiger partial charge >= 0.3 is 8.60 Å². The highest BCUT2D eigenvalue weighted by atomic mass is 31.2.